The predicted molar refractivity (Wildman–Crippen MR) is 119 cm³/mol. The van der Waals surface area contributed by atoms with Gasteiger partial charge < -0.3 is 14.4 Å². The van der Waals surface area contributed by atoms with Crippen molar-refractivity contribution in [1.29, 1.82) is 0 Å². The summed E-state index contributed by atoms with van der Waals surface area (Å²) in [5, 5.41) is 11.4. The van der Waals surface area contributed by atoms with Crippen LogP contribution in [0.2, 0.25) is 0 Å². The molecule has 0 aliphatic carbocycles. The van der Waals surface area contributed by atoms with Gasteiger partial charge in [0.25, 0.3) is 0 Å². The second-order valence-corrected chi connectivity index (χ2v) is 7.67. The lowest BCUT2D eigenvalue weighted by atomic mass is 10.0. The first-order valence-corrected chi connectivity index (χ1v) is 10.2. The van der Waals surface area contributed by atoms with Crippen LogP contribution in [0.1, 0.15) is 38.4 Å². The zero-order valence-electron chi connectivity index (χ0n) is 17.8. The molecule has 0 spiro atoms. The van der Waals surface area contributed by atoms with Gasteiger partial charge in [-0.3, -0.25) is 9.59 Å². The van der Waals surface area contributed by atoms with Gasteiger partial charge in [-0.1, -0.05) is 36.4 Å². The number of halogens is 1. The second-order valence-electron chi connectivity index (χ2n) is 7.67. The summed E-state index contributed by atoms with van der Waals surface area (Å²) in [5.74, 6) is -1.33. The Morgan fingerprint density at radius 3 is 2.45 bits per heavy atom. The number of aliphatic hydroxyl groups excluding tert-OH is 1. The number of ether oxygens (including phenoxy) is 1. The van der Waals surface area contributed by atoms with E-state index in [0.717, 1.165) is 27.7 Å². The number of carbonyl (C=O) groups is 2. The molecule has 5 nitrogen and oxygen atoms in total. The fraction of sp³-hybridized carbons (Fsp3) is 0.280. The van der Waals surface area contributed by atoms with Crippen LogP contribution < -0.4 is 0 Å². The standard InChI is InChI=1S/C25H26FNO4/c1-16(2)27-22-7-5-4-6-21(22)25(17-8-10-18(26)11-9-17)23(27)13-12-19(28)14-20(29)15-24(30)31-3/h4-13,16,19,28H,14-15H2,1-3H3. The Balaban J connectivity index is 2.04. The van der Waals surface area contributed by atoms with Gasteiger partial charge in [0.05, 0.1) is 13.2 Å². The van der Waals surface area contributed by atoms with Crippen LogP contribution >= 0.6 is 0 Å². The summed E-state index contributed by atoms with van der Waals surface area (Å²) in [4.78, 5) is 23.2. The predicted octanol–water partition coefficient (Wildman–Crippen LogP) is 4.92. The molecule has 0 radical (unpaired) electrons. The minimum Gasteiger partial charge on any atom is -0.469 e. The third-order valence-electron chi connectivity index (χ3n) is 5.08. The molecule has 1 unspecified atom stereocenters. The molecule has 0 bridgehead atoms. The van der Waals surface area contributed by atoms with Crippen LogP contribution in [-0.4, -0.2) is 34.6 Å². The number of hydrogen-bond donors (Lipinski definition) is 1. The van der Waals surface area contributed by atoms with Crippen LogP contribution in [0.3, 0.4) is 0 Å². The Morgan fingerprint density at radius 2 is 1.81 bits per heavy atom. The molecule has 0 saturated heterocycles. The average molecular weight is 423 g/mol. The summed E-state index contributed by atoms with van der Waals surface area (Å²) in [6.07, 6.45) is 1.75. The van der Waals surface area contributed by atoms with E-state index < -0.39 is 17.9 Å². The van der Waals surface area contributed by atoms with Crippen molar-refractivity contribution in [3.05, 3.63) is 66.1 Å². The van der Waals surface area contributed by atoms with E-state index in [2.05, 4.69) is 23.2 Å². The van der Waals surface area contributed by atoms with Crippen LogP contribution in [0, 0.1) is 5.82 Å². The highest BCUT2D eigenvalue weighted by molar-refractivity contribution is 6.01. The lowest BCUT2D eigenvalue weighted by Crippen LogP contribution is -2.15. The third kappa shape index (κ3) is 5.09. The first-order valence-electron chi connectivity index (χ1n) is 10.2. The topological polar surface area (TPSA) is 68.5 Å². The van der Waals surface area contributed by atoms with Crippen molar-refractivity contribution >= 4 is 28.7 Å². The monoisotopic (exact) mass is 423 g/mol. The molecule has 0 aliphatic rings. The Labute approximate surface area is 180 Å². The number of benzene rings is 2. The normalized spacial score (nSPS) is 12.6. The number of hydrogen-bond acceptors (Lipinski definition) is 4. The van der Waals surface area contributed by atoms with Crippen molar-refractivity contribution in [2.45, 2.75) is 38.8 Å². The fourth-order valence-electron chi connectivity index (χ4n) is 3.73. The summed E-state index contributed by atoms with van der Waals surface area (Å²) in [6.45, 7) is 4.13. The molecule has 0 aliphatic heterocycles. The summed E-state index contributed by atoms with van der Waals surface area (Å²) >= 11 is 0. The van der Waals surface area contributed by atoms with Gasteiger partial charge in [-0.2, -0.15) is 0 Å². The number of aromatic nitrogens is 1. The largest absolute Gasteiger partial charge is 0.469 e. The van der Waals surface area contributed by atoms with Gasteiger partial charge in [-0.05, 0) is 43.7 Å². The van der Waals surface area contributed by atoms with Gasteiger partial charge in [-0.25, -0.2) is 4.39 Å². The number of carbonyl (C=O) groups excluding carboxylic acids is 2. The van der Waals surface area contributed by atoms with Crippen molar-refractivity contribution in [2.75, 3.05) is 7.11 Å². The summed E-state index contributed by atoms with van der Waals surface area (Å²) in [7, 11) is 1.22. The molecule has 0 fully saturated rings. The van der Waals surface area contributed by atoms with Crippen molar-refractivity contribution in [1.82, 2.24) is 4.57 Å². The number of esters is 1. The molecule has 31 heavy (non-hydrogen) atoms. The Morgan fingerprint density at radius 1 is 1.13 bits per heavy atom. The van der Waals surface area contributed by atoms with Gasteiger partial charge in [0, 0.05) is 34.6 Å². The van der Waals surface area contributed by atoms with Gasteiger partial charge in [0.15, 0.2) is 0 Å². The first-order chi connectivity index (χ1) is 14.8. The van der Waals surface area contributed by atoms with E-state index in [1.807, 2.05) is 24.3 Å². The van der Waals surface area contributed by atoms with Crippen LogP contribution in [0.4, 0.5) is 4.39 Å². The number of fused-ring (bicyclic) bond motifs is 1. The smallest absolute Gasteiger partial charge is 0.313 e. The molecule has 3 aromatic rings. The highest BCUT2D eigenvalue weighted by atomic mass is 19.1. The number of nitrogens with zero attached hydrogens (tertiary/aromatic N) is 1. The van der Waals surface area contributed by atoms with Gasteiger partial charge in [0.1, 0.15) is 18.0 Å². The summed E-state index contributed by atoms with van der Waals surface area (Å²) in [5.41, 5.74) is 3.65. The zero-order chi connectivity index (χ0) is 22.5. The fourth-order valence-corrected chi connectivity index (χ4v) is 3.73. The van der Waals surface area contributed by atoms with Gasteiger partial charge in [-0.15, -0.1) is 0 Å². The van der Waals surface area contributed by atoms with Crippen molar-refractivity contribution in [2.24, 2.45) is 0 Å². The molecule has 3 rings (SSSR count). The highest BCUT2D eigenvalue weighted by Crippen LogP contribution is 2.38. The van der Waals surface area contributed by atoms with E-state index in [9.17, 15) is 19.1 Å². The maximum absolute atomic E-state index is 13.5. The molecule has 0 saturated carbocycles. The van der Waals surface area contributed by atoms with Crippen molar-refractivity contribution in [3.63, 3.8) is 0 Å². The van der Waals surface area contributed by atoms with Crippen LogP contribution in [0.15, 0.2) is 54.6 Å². The van der Waals surface area contributed by atoms with E-state index in [1.165, 1.54) is 19.2 Å². The average Bonchev–Trinajstić information content (AvgIpc) is 3.07. The Bertz CT molecular complexity index is 1110. The SMILES string of the molecule is COC(=O)CC(=O)CC(O)C=Cc1c(-c2ccc(F)cc2)c2ccccc2n1C(C)C. The number of para-hydroxylation sites is 1. The van der Waals surface area contributed by atoms with Crippen LogP contribution in [-0.2, 0) is 14.3 Å². The lowest BCUT2D eigenvalue weighted by molar-refractivity contribution is -0.143. The number of ketones is 1. The van der Waals surface area contributed by atoms with Crippen LogP contribution in [0.5, 0.6) is 0 Å². The minimum absolute atomic E-state index is 0.122. The zero-order valence-corrected chi connectivity index (χ0v) is 17.8. The van der Waals surface area contributed by atoms with Gasteiger partial charge in [0.2, 0.25) is 0 Å². The third-order valence-corrected chi connectivity index (χ3v) is 5.08. The molecule has 1 atom stereocenters. The molecule has 162 valence electrons. The minimum atomic E-state index is -1.04. The van der Waals surface area contributed by atoms with Crippen LogP contribution in [0.25, 0.3) is 28.1 Å². The lowest BCUT2D eigenvalue weighted by Gasteiger charge is -2.14. The van der Waals surface area contributed by atoms with E-state index in [0.29, 0.717) is 0 Å². The molecule has 6 heteroatoms. The summed E-state index contributed by atoms with van der Waals surface area (Å²) in [6, 6.07) is 14.4. The molecule has 1 N–H and O–H groups in total. The highest BCUT2D eigenvalue weighted by Gasteiger charge is 2.19. The Kier molecular flexibility index (Phi) is 7.02. The molecular weight excluding hydrogens is 397 g/mol. The van der Waals surface area contributed by atoms with E-state index in [1.54, 1.807) is 24.3 Å². The number of rotatable bonds is 8. The summed E-state index contributed by atoms with van der Waals surface area (Å²) < 4.78 is 20.2. The molecule has 1 heterocycles. The van der Waals surface area contributed by atoms with Gasteiger partial charge >= 0.3 is 5.97 Å². The van der Waals surface area contributed by atoms with E-state index >= 15 is 0 Å². The molecule has 1 aromatic heterocycles. The van der Waals surface area contributed by atoms with Crippen molar-refractivity contribution < 1.29 is 23.8 Å². The quantitative estimate of drug-likeness (QED) is 0.412. The number of Topliss-reactive ketones (excluding diaryl/α,β-unsaturated/α-hetero) is 1. The van der Waals surface area contributed by atoms with E-state index in [-0.39, 0.29) is 24.7 Å². The molecule has 0 amide bonds. The molecular formula is C25H26FNO4. The maximum atomic E-state index is 13.5. The molecule has 2 aromatic carbocycles. The Hall–Kier alpha value is -3.25. The van der Waals surface area contributed by atoms with Crippen molar-refractivity contribution in [3.8, 4) is 11.1 Å². The first kappa shape index (κ1) is 22.4. The number of methoxy groups -OCH3 is 1. The second kappa shape index (κ2) is 9.71. The maximum Gasteiger partial charge on any atom is 0.313 e. The van der Waals surface area contributed by atoms with E-state index in [4.69, 9.17) is 0 Å². The number of aliphatic hydroxyl groups is 1.